The van der Waals surface area contributed by atoms with Gasteiger partial charge in [-0.1, -0.05) is 46.4 Å². The van der Waals surface area contributed by atoms with Crippen LogP contribution in [0, 0.1) is 5.92 Å². The highest BCUT2D eigenvalue weighted by Crippen LogP contribution is 2.04. The lowest BCUT2D eigenvalue weighted by molar-refractivity contribution is 0.741. The maximum absolute atomic E-state index is 4.18. The monoisotopic (exact) mass is 181 g/mol. The van der Waals surface area contributed by atoms with Gasteiger partial charge in [-0.2, -0.15) is 0 Å². The van der Waals surface area contributed by atoms with Gasteiger partial charge in [-0.15, -0.1) is 0 Å². The first-order chi connectivity index (χ1) is 6.26. The van der Waals surface area contributed by atoms with Crippen LogP contribution in [-0.2, 0) is 0 Å². The van der Waals surface area contributed by atoms with Crippen LogP contribution in [0.4, 0.5) is 0 Å². The van der Waals surface area contributed by atoms with E-state index >= 15 is 0 Å². The van der Waals surface area contributed by atoms with Crippen LogP contribution in [0.5, 0.6) is 0 Å². The third kappa shape index (κ3) is 7.51. The standard InChI is InChI=1S/C10H17N.C2H6/c1-5-7-8-10(11-4)9(3)6-2;1-2/h5,7-9H,1,6H2,2-4H3;1-2H3/b8-7-,11-10?;. The van der Waals surface area contributed by atoms with Crippen LogP contribution in [0.25, 0.3) is 0 Å². The predicted molar refractivity (Wildman–Crippen MR) is 63.5 cm³/mol. The highest BCUT2D eigenvalue weighted by atomic mass is 14.7. The van der Waals surface area contributed by atoms with Crippen molar-refractivity contribution in [1.82, 2.24) is 0 Å². The lowest BCUT2D eigenvalue weighted by Crippen LogP contribution is -2.06. The number of hydrogen-bond donors (Lipinski definition) is 0. The summed E-state index contributed by atoms with van der Waals surface area (Å²) in [5, 5.41) is 0. The van der Waals surface area contributed by atoms with Crippen molar-refractivity contribution in [2.24, 2.45) is 10.9 Å². The van der Waals surface area contributed by atoms with Crippen LogP contribution in [-0.4, -0.2) is 12.8 Å². The van der Waals surface area contributed by atoms with Gasteiger partial charge in [0.1, 0.15) is 0 Å². The summed E-state index contributed by atoms with van der Waals surface area (Å²) in [6, 6.07) is 0. The van der Waals surface area contributed by atoms with E-state index in [1.807, 2.05) is 33.0 Å². The van der Waals surface area contributed by atoms with Crippen molar-refractivity contribution < 1.29 is 0 Å². The lowest BCUT2D eigenvalue weighted by atomic mass is 10.0. The first-order valence-electron chi connectivity index (χ1n) is 5.02. The zero-order valence-corrected chi connectivity index (χ0v) is 9.67. The molecule has 0 spiro atoms. The molecule has 0 N–H and O–H groups in total. The molecular formula is C12H23N. The second-order valence-electron chi connectivity index (χ2n) is 2.55. The fraction of sp³-hybridized carbons (Fsp3) is 0.583. The van der Waals surface area contributed by atoms with E-state index in [4.69, 9.17) is 0 Å². The number of rotatable bonds is 4. The molecule has 1 heteroatoms. The Morgan fingerprint density at radius 1 is 1.46 bits per heavy atom. The minimum atomic E-state index is 0.552. The van der Waals surface area contributed by atoms with Crippen molar-refractivity contribution in [1.29, 1.82) is 0 Å². The van der Waals surface area contributed by atoms with E-state index in [1.54, 1.807) is 6.08 Å². The van der Waals surface area contributed by atoms with Crippen LogP contribution in [0.15, 0.2) is 29.8 Å². The fourth-order valence-corrected chi connectivity index (χ4v) is 0.835. The second kappa shape index (κ2) is 11.2. The van der Waals surface area contributed by atoms with E-state index in [2.05, 4.69) is 25.4 Å². The summed E-state index contributed by atoms with van der Waals surface area (Å²) in [4.78, 5) is 4.18. The number of nitrogens with zero attached hydrogens (tertiary/aromatic N) is 1. The van der Waals surface area contributed by atoms with Crippen molar-refractivity contribution in [2.45, 2.75) is 34.1 Å². The molecule has 0 fully saturated rings. The SMILES string of the molecule is C=C/C=C\C(=NC)C(C)CC.CC. The first kappa shape index (κ1) is 14.7. The minimum absolute atomic E-state index is 0.552. The van der Waals surface area contributed by atoms with Gasteiger partial charge in [-0.3, -0.25) is 4.99 Å². The van der Waals surface area contributed by atoms with Gasteiger partial charge in [0.2, 0.25) is 0 Å². The first-order valence-corrected chi connectivity index (χ1v) is 5.02. The van der Waals surface area contributed by atoms with Gasteiger partial charge in [0, 0.05) is 12.8 Å². The van der Waals surface area contributed by atoms with Crippen LogP contribution in [0.2, 0.25) is 0 Å². The molecule has 0 aromatic heterocycles. The summed E-state index contributed by atoms with van der Waals surface area (Å²) in [7, 11) is 1.83. The summed E-state index contributed by atoms with van der Waals surface area (Å²) < 4.78 is 0. The van der Waals surface area contributed by atoms with Crippen molar-refractivity contribution in [2.75, 3.05) is 7.05 Å². The summed E-state index contributed by atoms with van der Waals surface area (Å²) in [6.45, 7) is 12.0. The van der Waals surface area contributed by atoms with Crippen LogP contribution in [0.1, 0.15) is 34.1 Å². The molecule has 0 aliphatic carbocycles. The van der Waals surface area contributed by atoms with Crippen molar-refractivity contribution >= 4 is 5.71 Å². The maximum Gasteiger partial charge on any atom is 0.0372 e. The van der Waals surface area contributed by atoms with E-state index < -0.39 is 0 Å². The van der Waals surface area contributed by atoms with Gasteiger partial charge in [0.05, 0.1) is 0 Å². The van der Waals surface area contributed by atoms with E-state index in [1.165, 1.54) is 0 Å². The normalized spacial score (nSPS) is 13.5. The van der Waals surface area contributed by atoms with Crippen molar-refractivity contribution in [3.63, 3.8) is 0 Å². The summed E-state index contributed by atoms with van der Waals surface area (Å²) in [5.74, 6) is 0.552. The predicted octanol–water partition coefficient (Wildman–Crippen LogP) is 3.87. The van der Waals surface area contributed by atoms with E-state index in [0.29, 0.717) is 5.92 Å². The molecule has 1 nitrogen and oxygen atoms in total. The number of hydrogen-bond acceptors (Lipinski definition) is 1. The average Bonchev–Trinajstić information content (AvgIpc) is 2.21. The molecule has 1 unspecified atom stereocenters. The third-order valence-corrected chi connectivity index (χ3v) is 1.78. The zero-order chi connectivity index (χ0) is 10.7. The van der Waals surface area contributed by atoms with Crippen LogP contribution < -0.4 is 0 Å². The van der Waals surface area contributed by atoms with Gasteiger partial charge >= 0.3 is 0 Å². The molecule has 0 amide bonds. The minimum Gasteiger partial charge on any atom is -0.293 e. The Morgan fingerprint density at radius 2 is 2.00 bits per heavy atom. The molecule has 0 saturated carbocycles. The largest absolute Gasteiger partial charge is 0.293 e. The molecule has 0 aromatic carbocycles. The molecule has 0 rings (SSSR count). The van der Waals surface area contributed by atoms with Crippen LogP contribution >= 0.6 is 0 Å². The van der Waals surface area contributed by atoms with Crippen molar-refractivity contribution in [3.8, 4) is 0 Å². The van der Waals surface area contributed by atoms with E-state index in [-0.39, 0.29) is 0 Å². The third-order valence-electron chi connectivity index (χ3n) is 1.78. The Kier molecular flexibility index (Phi) is 12.6. The second-order valence-corrected chi connectivity index (χ2v) is 2.55. The highest BCUT2D eigenvalue weighted by molar-refractivity contribution is 5.96. The van der Waals surface area contributed by atoms with Gasteiger partial charge in [-0.05, 0) is 18.4 Å². The van der Waals surface area contributed by atoms with Gasteiger partial charge < -0.3 is 0 Å². The number of allylic oxidation sites excluding steroid dienone is 3. The smallest absolute Gasteiger partial charge is 0.0372 e. The molecule has 1 atom stereocenters. The van der Waals surface area contributed by atoms with Gasteiger partial charge in [-0.25, -0.2) is 0 Å². The Hall–Kier alpha value is -0.850. The molecule has 0 radical (unpaired) electrons. The molecular weight excluding hydrogens is 158 g/mol. The maximum atomic E-state index is 4.18. The molecule has 76 valence electrons. The Morgan fingerprint density at radius 3 is 2.31 bits per heavy atom. The van der Waals surface area contributed by atoms with E-state index in [9.17, 15) is 0 Å². The summed E-state index contributed by atoms with van der Waals surface area (Å²) in [6.07, 6.45) is 6.84. The van der Waals surface area contributed by atoms with E-state index in [0.717, 1.165) is 12.1 Å². The summed E-state index contributed by atoms with van der Waals surface area (Å²) in [5.41, 5.74) is 1.15. The summed E-state index contributed by atoms with van der Waals surface area (Å²) >= 11 is 0. The van der Waals surface area contributed by atoms with Crippen LogP contribution in [0.3, 0.4) is 0 Å². The fourth-order valence-electron chi connectivity index (χ4n) is 0.835. The van der Waals surface area contributed by atoms with Gasteiger partial charge in [0.25, 0.3) is 0 Å². The molecule has 0 aliphatic rings. The molecule has 0 aromatic rings. The zero-order valence-electron chi connectivity index (χ0n) is 9.67. The molecule has 0 bridgehead atoms. The molecule has 13 heavy (non-hydrogen) atoms. The Bertz CT molecular complexity index is 166. The number of aliphatic imine (C=N–C) groups is 1. The van der Waals surface area contributed by atoms with Crippen molar-refractivity contribution in [3.05, 3.63) is 24.8 Å². The Balaban J connectivity index is 0. The van der Waals surface area contributed by atoms with Gasteiger partial charge in [0.15, 0.2) is 0 Å². The quantitative estimate of drug-likeness (QED) is 0.461. The Labute approximate surface area is 83.3 Å². The average molecular weight is 181 g/mol. The lowest BCUT2D eigenvalue weighted by Gasteiger charge is -2.06. The molecule has 0 saturated heterocycles. The molecule has 0 heterocycles. The topological polar surface area (TPSA) is 12.4 Å². The molecule has 0 aliphatic heterocycles. The highest BCUT2D eigenvalue weighted by Gasteiger charge is 2.02.